The third-order valence-corrected chi connectivity index (χ3v) is 3.62. The lowest BCUT2D eigenvalue weighted by Gasteiger charge is -2.09. The molecular formula is C20H20N4O2. The van der Waals surface area contributed by atoms with E-state index in [4.69, 9.17) is 4.74 Å². The molecule has 0 aliphatic heterocycles. The summed E-state index contributed by atoms with van der Waals surface area (Å²) in [6.45, 7) is 2.82. The Morgan fingerprint density at radius 3 is 2.54 bits per heavy atom. The highest BCUT2D eigenvalue weighted by atomic mass is 16.5. The van der Waals surface area contributed by atoms with E-state index in [1.165, 1.54) is 5.56 Å². The number of ether oxygens (including phenoxy) is 1. The normalized spacial score (nSPS) is 10.2. The van der Waals surface area contributed by atoms with Gasteiger partial charge in [0.1, 0.15) is 5.82 Å². The highest BCUT2D eigenvalue weighted by Crippen LogP contribution is 2.16. The van der Waals surface area contributed by atoms with Crippen LogP contribution in [0.5, 0.6) is 0 Å². The fourth-order valence-electron chi connectivity index (χ4n) is 2.34. The number of anilines is 3. The molecule has 6 heteroatoms. The zero-order valence-electron chi connectivity index (χ0n) is 14.5. The van der Waals surface area contributed by atoms with Gasteiger partial charge >= 0.3 is 5.97 Å². The van der Waals surface area contributed by atoms with Crippen molar-refractivity contribution in [3.8, 4) is 0 Å². The Balaban J connectivity index is 1.62. The Bertz CT molecular complexity index is 851. The van der Waals surface area contributed by atoms with Crippen molar-refractivity contribution in [1.82, 2.24) is 9.97 Å². The summed E-state index contributed by atoms with van der Waals surface area (Å²) in [5.41, 5.74) is 2.48. The number of nitrogens with zero attached hydrogens (tertiary/aromatic N) is 2. The van der Waals surface area contributed by atoms with Crippen LogP contribution in [0, 0.1) is 0 Å². The molecule has 132 valence electrons. The van der Waals surface area contributed by atoms with Crippen molar-refractivity contribution in [2.24, 2.45) is 0 Å². The van der Waals surface area contributed by atoms with E-state index in [2.05, 4.69) is 32.7 Å². The molecule has 0 aliphatic carbocycles. The van der Waals surface area contributed by atoms with E-state index >= 15 is 0 Å². The lowest BCUT2D eigenvalue weighted by molar-refractivity contribution is 0.0526. The summed E-state index contributed by atoms with van der Waals surface area (Å²) in [4.78, 5) is 20.3. The summed E-state index contributed by atoms with van der Waals surface area (Å²) in [6, 6.07) is 18.9. The Kier molecular flexibility index (Phi) is 5.77. The molecule has 0 radical (unpaired) electrons. The minimum Gasteiger partial charge on any atom is -0.462 e. The van der Waals surface area contributed by atoms with Crippen LogP contribution in [0.25, 0.3) is 0 Å². The van der Waals surface area contributed by atoms with Crippen molar-refractivity contribution < 1.29 is 9.53 Å². The zero-order chi connectivity index (χ0) is 18.2. The third kappa shape index (κ3) is 4.80. The van der Waals surface area contributed by atoms with Gasteiger partial charge in [-0.15, -0.1) is 0 Å². The van der Waals surface area contributed by atoms with E-state index in [0.717, 1.165) is 11.5 Å². The van der Waals surface area contributed by atoms with E-state index in [0.29, 0.717) is 24.7 Å². The highest BCUT2D eigenvalue weighted by Gasteiger charge is 2.06. The molecule has 0 spiro atoms. The van der Waals surface area contributed by atoms with Crippen LogP contribution in [0.3, 0.4) is 0 Å². The monoisotopic (exact) mass is 348 g/mol. The molecule has 0 bridgehead atoms. The smallest absolute Gasteiger partial charge is 0.338 e. The molecule has 6 nitrogen and oxygen atoms in total. The molecule has 2 N–H and O–H groups in total. The number of esters is 1. The molecule has 3 aromatic rings. The maximum Gasteiger partial charge on any atom is 0.338 e. The number of rotatable bonds is 7. The number of carbonyl (C=O) groups is 1. The van der Waals surface area contributed by atoms with Crippen molar-refractivity contribution in [2.45, 2.75) is 13.5 Å². The summed E-state index contributed by atoms with van der Waals surface area (Å²) in [5.74, 6) is 0.879. The molecule has 0 fully saturated rings. The van der Waals surface area contributed by atoms with Crippen molar-refractivity contribution in [3.05, 3.63) is 78.0 Å². The molecule has 2 aromatic carbocycles. The van der Waals surface area contributed by atoms with E-state index < -0.39 is 0 Å². The standard InChI is InChI=1S/C20H20N4O2/c1-2-26-19(25)16-8-10-17(11-9-16)23-20-21-13-12-18(24-20)22-14-15-6-4-3-5-7-15/h3-13H,2,14H2,1H3,(H2,21,22,23,24). The molecule has 3 rings (SSSR count). The molecule has 1 aromatic heterocycles. The Hall–Kier alpha value is -3.41. The second kappa shape index (κ2) is 8.62. The molecular weight excluding hydrogens is 328 g/mol. The lowest BCUT2D eigenvalue weighted by Crippen LogP contribution is -2.05. The number of benzene rings is 2. The lowest BCUT2D eigenvalue weighted by atomic mass is 10.2. The summed E-state index contributed by atoms with van der Waals surface area (Å²) < 4.78 is 4.97. The predicted molar refractivity (Wildman–Crippen MR) is 101 cm³/mol. The first-order chi connectivity index (χ1) is 12.7. The van der Waals surface area contributed by atoms with Gasteiger partial charge in [-0.05, 0) is 42.8 Å². The molecule has 0 unspecified atom stereocenters. The van der Waals surface area contributed by atoms with Crippen LogP contribution in [0.4, 0.5) is 17.5 Å². The average Bonchev–Trinajstić information content (AvgIpc) is 2.68. The van der Waals surface area contributed by atoms with Gasteiger partial charge < -0.3 is 15.4 Å². The van der Waals surface area contributed by atoms with Crippen LogP contribution in [0.2, 0.25) is 0 Å². The number of nitrogens with one attached hydrogen (secondary N) is 2. The second-order valence-electron chi connectivity index (χ2n) is 5.53. The van der Waals surface area contributed by atoms with Crippen molar-refractivity contribution in [2.75, 3.05) is 17.2 Å². The Morgan fingerprint density at radius 2 is 1.81 bits per heavy atom. The van der Waals surface area contributed by atoms with Gasteiger partial charge in [0.05, 0.1) is 12.2 Å². The first-order valence-electron chi connectivity index (χ1n) is 8.39. The molecule has 0 amide bonds. The van der Waals surface area contributed by atoms with Gasteiger partial charge in [-0.1, -0.05) is 30.3 Å². The maximum atomic E-state index is 11.7. The number of aromatic nitrogens is 2. The first-order valence-corrected chi connectivity index (χ1v) is 8.39. The van der Waals surface area contributed by atoms with Gasteiger partial charge in [0.2, 0.25) is 5.95 Å². The van der Waals surface area contributed by atoms with Gasteiger partial charge in [0.15, 0.2) is 0 Å². The largest absolute Gasteiger partial charge is 0.462 e. The van der Waals surface area contributed by atoms with Crippen molar-refractivity contribution >= 4 is 23.4 Å². The molecule has 1 heterocycles. The maximum absolute atomic E-state index is 11.7. The number of carbonyl (C=O) groups excluding carboxylic acids is 1. The van der Waals surface area contributed by atoms with E-state index in [-0.39, 0.29) is 5.97 Å². The van der Waals surface area contributed by atoms with Crippen LogP contribution >= 0.6 is 0 Å². The zero-order valence-corrected chi connectivity index (χ0v) is 14.5. The van der Waals surface area contributed by atoms with Gasteiger partial charge in [-0.3, -0.25) is 0 Å². The van der Waals surface area contributed by atoms with E-state index in [1.54, 1.807) is 37.4 Å². The molecule has 0 atom stereocenters. The van der Waals surface area contributed by atoms with Crippen LogP contribution in [0.15, 0.2) is 66.9 Å². The van der Waals surface area contributed by atoms with E-state index in [9.17, 15) is 4.79 Å². The van der Waals surface area contributed by atoms with E-state index in [1.807, 2.05) is 24.3 Å². The summed E-state index contributed by atoms with van der Waals surface area (Å²) in [5, 5.41) is 6.40. The van der Waals surface area contributed by atoms with Crippen LogP contribution in [-0.2, 0) is 11.3 Å². The first kappa shape index (κ1) is 17.4. The second-order valence-corrected chi connectivity index (χ2v) is 5.53. The predicted octanol–water partition coefficient (Wildman–Crippen LogP) is 4.01. The molecule has 0 saturated carbocycles. The fraction of sp³-hybridized carbons (Fsp3) is 0.150. The number of hydrogen-bond acceptors (Lipinski definition) is 6. The molecule has 0 aliphatic rings. The SMILES string of the molecule is CCOC(=O)c1ccc(Nc2nccc(NCc3ccccc3)n2)cc1. The Labute approximate surface area is 152 Å². The summed E-state index contributed by atoms with van der Waals surface area (Å²) in [7, 11) is 0. The van der Waals surface area contributed by atoms with Gasteiger partial charge in [0, 0.05) is 18.4 Å². The molecule has 26 heavy (non-hydrogen) atoms. The quantitative estimate of drug-likeness (QED) is 0.628. The average molecular weight is 348 g/mol. The van der Waals surface area contributed by atoms with Gasteiger partial charge in [-0.2, -0.15) is 4.98 Å². The van der Waals surface area contributed by atoms with Gasteiger partial charge in [0.25, 0.3) is 0 Å². The summed E-state index contributed by atoms with van der Waals surface area (Å²) in [6.07, 6.45) is 1.69. The van der Waals surface area contributed by atoms with Crippen molar-refractivity contribution in [1.29, 1.82) is 0 Å². The molecule has 0 saturated heterocycles. The van der Waals surface area contributed by atoms with Gasteiger partial charge in [-0.25, -0.2) is 9.78 Å². The summed E-state index contributed by atoms with van der Waals surface area (Å²) >= 11 is 0. The third-order valence-electron chi connectivity index (χ3n) is 3.62. The minimum atomic E-state index is -0.331. The number of hydrogen-bond donors (Lipinski definition) is 2. The van der Waals surface area contributed by atoms with Crippen LogP contribution in [-0.4, -0.2) is 22.5 Å². The minimum absolute atomic E-state index is 0.331. The Morgan fingerprint density at radius 1 is 1.04 bits per heavy atom. The van der Waals surface area contributed by atoms with Crippen molar-refractivity contribution in [3.63, 3.8) is 0 Å². The fourth-order valence-corrected chi connectivity index (χ4v) is 2.34. The van der Waals surface area contributed by atoms with Crippen LogP contribution in [0.1, 0.15) is 22.8 Å². The highest BCUT2D eigenvalue weighted by molar-refractivity contribution is 5.89. The topological polar surface area (TPSA) is 76.1 Å². The van der Waals surface area contributed by atoms with Crippen LogP contribution < -0.4 is 10.6 Å².